The molecule has 1 aromatic heterocycles. The van der Waals surface area contributed by atoms with Crippen LogP contribution in [-0.4, -0.2) is 49.6 Å². The average Bonchev–Trinajstić information content (AvgIpc) is 2.46. The number of carbonyl (C=O) groups is 1. The van der Waals surface area contributed by atoms with Gasteiger partial charge < -0.3 is 15.0 Å². The number of piperidine rings is 1. The third-order valence-corrected chi connectivity index (χ3v) is 3.67. The van der Waals surface area contributed by atoms with Crippen LogP contribution in [0.4, 0.5) is 5.82 Å². The van der Waals surface area contributed by atoms with E-state index >= 15 is 0 Å². The van der Waals surface area contributed by atoms with Gasteiger partial charge in [0, 0.05) is 38.5 Å². The average molecular weight is 277 g/mol. The van der Waals surface area contributed by atoms with Crippen LogP contribution in [0.1, 0.15) is 28.9 Å². The zero-order valence-electron chi connectivity index (χ0n) is 12.5. The fourth-order valence-electron chi connectivity index (χ4n) is 2.72. The Bertz CT molecular complexity index is 474. The number of nitrogens with one attached hydrogen (secondary N) is 1. The number of hydrogen-bond donors (Lipinski definition) is 1. The molecule has 1 saturated heterocycles. The molecule has 20 heavy (non-hydrogen) atoms. The van der Waals surface area contributed by atoms with E-state index < -0.39 is 0 Å². The second-order valence-corrected chi connectivity index (χ2v) is 5.35. The highest BCUT2D eigenvalue weighted by Gasteiger charge is 2.24. The van der Waals surface area contributed by atoms with Crippen molar-refractivity contribution in [2.75, 3.05) is 39.2 Å². The molecule has 1 amide bonds. The number of aryl methyl sites for hydroxylation is 1. The molecular weight excluding hydrogens is 254 g/mol. The van der Waals surface area contributed by atoms with Gasteiger partial charge in [-0.1, -0.05) is 0 Å². The predicted molar refractivity (Wildman–Crippen MR) is 79.0 cm³/mol. The van der Waals surface area contributed by atoms with Crippen LogP contribution < -0.4 is 5.32 Å². The highest BCUT2D eigenvalue weighted by atomic mass is 16.5. The summed E-state index contributed by atoms with van der Waals surface area (Å²) in [5.74, 6) is 1.27. The summed E-state index contributed by atoms with van der Waals surface area (Å²) < 4.78 is 5.21. The van der Waals surface area contributed by atoms with Crippen molar-refractivity contribution < 1.29 is 9.53 Å². The molecule has 0 spiro atoms. The van der Waals surface area contributed by atoms with E-state index in [0.717, 1.165) is 44.0 Å². The quantitative estimate of drug-likeness (QED) is 0.913. The lowest BCUT2D eigenvalue weighted by Crippen LogP contribution is -2.41. The number of anilines is 1. The third kappa shape index (κ3) is 3.48. The second kappa shape index (κ2) is 6.70. The molecule has 5 nitrogen and oxygen atoms in total. The smallest absolute Gasteiger partial charge is 0.254 e. The van der Waals surface area contributed by atoms with Gasteiger partial charge >= 0.3 is 0 Å². The first-order valence-corrected chi connectivity index (χ1v) is 7.08. The molecule has 0 bridgehead atoms. The number of likely N-dealkylation sites (tertiary alicyclic amines) is 1. The number of nitrogens with zero attached hydrogens (tertiary/aromatic N) is 2. The summed E-state index contributed by atoms with van der Waals surface area (Å²) in [7, 11) is 3.53. The SMILES string of the molecule is CNc1cc(C(=O)N2CCCC(COC)C2)cc(C)n1. The predicted octanol–water partition coefficient (Wildman–Crippen LogP) is 1.93. The lowest BCUT2D eigenvalue weighted by molar-refractivity contribution is 0.0571. The van der Waals surface area contributed by atoms with Crippen LogP contribution in [-0.2, 0) is 4.74 Å². The van der Waals surface area contributed by atoms with Gasteiger partial charge in [-0.15, -0.1) is 0 Å². The topological polar surface area (TPSA) is 54.5 Å². The molecule has 1 unspecified atom stereocenters. The van der Waals surface area contributed by atoms with Gasteiger partial charge in [0.2, 0.25) is 0 Å². The zero-order chi connectivity index (χ0) is 14.5. The molecule has 0 saturated carbocycles. The summed E-state index contributed by atoms with van der Waals surface area (Å²) in [5, 5.41) is 2.99. The molecule has 0 aromatic carbocycles. The second-order valence-electron chi connectivity index (χ2n) is 5.35. The van der Waals surface area contributed by atoms with Crippen LogP contribution in [0.3, 0.4) is 0 Å². The largest absolute Gasteiger partial charge is 0.384 e. The number of carbonyl (C=O) groups excluding carboxylic acids is 1. The number of rotatable bonds is 4. The number of pyridine rings is 1. The minimum absolute atomic E-state index is 0.0906. The molecule has 1 aliphatic heterocycles. The van der Waals surface area contributed by atoms with E-state index in [9.17, 15) is 4.79 Å². The van der Waals surface area contributed by atoms with E-state index in [1.807, 2.05) is 31.0 Å². The molecule has 110 valence electrons. The van der Waals surface area contributed by atoms with Gasteiger partial charge in [0.1, 0.15) is 5.82 Å². The molecule has 1 atom stereocenters. The number of amides is 1. The van der Waals surface area contributed by atoms with E-state index in [0.29, 0.717) is 11.5 Å². The van der Waals surface area contributed by atoms with Gasteiger partial charge in [-0.2, -0.15) is 0 Å². The van der Waals surface area contributed by atoms with Crippen molar-refractivity contribution in [1.29, 1.82) is 0 Å². The summed E-state index contributed by atoms with van der Waals surface area (Å²) >= 11 is 0. The van der Waals surface area contributed by atoms with Crippen molar-refractivity contribution in [2.45, 2.75) is 19.8 Å². The van der Waals surface area contributed by atoms with Gasteiger partial charge in [-0.3, -0.25) is 4.79 Å². The minimum atomic E-state index is 0.0906. The summed E-state index contributed by atoms with van der Waals surface area (Å²) in [6.07, 6.45) is 2.18. The Hall–Kier alpha value is -1.62. The highest BCUT2D eigenvalue weighted by Crippen LogP contribution is 2.20. The molecule has 5 heteroatoms. The van der Waals surface area contributed by atoms with Crippen LogP contribution in [0.25, 0.3) is 0 Å². The molecular formula is C15H23N3O2. The van der Waals surface area contributed by atoms with Crippen LogP contribution >= 0.6 is 0 Å². The first-order chi connectivity index (χ1) is 9.63. The van der Waals surface area contributed by atoms with Gasteiger partial charge in [-0.25, -0.2) is 4.98 Å². The summed E-state index contributed by atoms with van der Waals surface area (Å²) in [6.45, 7) is 4.24. The van der Waals surface area contributed by atoms with Gasteiger partial charge in [0.15, 0.2) is 0 Å². The van der Waals surface area contributed by atoms with E-state index in [1.165, 1.54) is 0 Å². The van der Waals surface area contributed by atoms with Crippen molar-refractivity contribution in [3.05, 3.63) is 23.4 Å². The van der Waals surface area contributed by atoms with Crippen LogP contribution in [0, 0.1) is 12.8 Å². The van der Waals surface area contributed by atoms with Crippen LogP contribution in [0.15, 0.2) is 12.1 Å². The maximum absolute atomic E-state index is 12.6. The zero-order valence-corrected chi connectivity index (χ0v) is 12.5. The van der Waals surface area contributed by atoms with E-state index in [1.54, 1.807) is 7.11 Å². The molecule has 2 rings (SSSR count). The van der Waals surface area contributed by atoms with Crippen molar-refractivity contribution in [1.82, 2.24) is 9.88 Å². The molecule has 0 aliphatic carbocycles. The molecule has 1 N–H and O–H groups in total. The van der Waals surface area contributed by atoms with Crippen molar-refractivity contribution in [2.24, 2.45) is 5.92 Å². The fourth-order valence-corrected chi connectivity index (χ4v) is 2.72. The summed E-state index contributed by atoms with van der Waals surface area (Å²) in [4.78, 5) is 18.9. The molecule has 1 fully saturated rings. The lowest BCUT2D eigenvalue weighted by atomic mass is 9.98. The Morgan fingerprint density at radius 3 is 3.05 bits per heavy atom. The Labute approximate surface area is 120 Å². The van der Waals surface area contributed by atoms with Crippen molar-refractivity contribution in [3.8, 4) is 0 Å². The Morgan fingerprint density at radius 1 is 1.55 bits per heavy atom. The minimum Gasteiger partial charge on any atom is -0.384 e. The van der Waals surface area contributed by atoms with Gasteiger partial charge in [0.05, 0.1) is 6.61 Å². The fraction of sp³-hybridized carbons (Fsp3) is 0.600. The Balaban J connectivity index is 2.12. The van der Waals surface area contributed by atoms with Gasteiger partial charge in [0.25, 0.3) is 5.91 Å². The highest BCUT2D eigenvalue weighted by molar-refractivity contribution is 5.95. The maximum atomic E-state index is 12.6. The number of methoxy groups -OCH3 is 1. The van der Waals surface area contributed by atoms with Crippen LogP contribution in [0.2, 0.25) is 0 Å². The van der Waals surface area contributed by atoms with E-state index in [4.69, 9.17) is 4.74 Å². The molecule has 1 aromatic rings. The van der Waals surface area contributed by atoms with E-state index in [2.05, 4.69) is 10.3 Å². The first-order valence-electron chi connectivity index (χ1n) is 7.08. The number of aromatic nitrogens is 1. The first kappa shape index (κ1) is 14.8. The Kier molecular flexibility index (Phi) is 4.95. The van der Waals surface area contributed by atoms with Crippen LogP contribution in [0.5, 0.6) is 0 Å². The van der Waals surface area contributed by atoms with E-state index in [-0.39, 0.29) is 5.91 Å². The molecule has 2 heterocycles. The third-order valence-electron chi connectivity index (χ3n) is 3.67. The summed E-state index contributed by atoms with van der Waals surface area (Å²) in [5.41, 5.74) is 1.56. The number of hydrogen-bond acceptors (Lipinski definition) is 4. The Morgan fingerprint density at radius 2 is 2.35 bits per heavy atom. The summed E-state index contributed by atoms with van der Waals surface area (Å²) in [6, 6.07) is 3.67. The number of ether oxygens (including phenoxy) is 1. The van der Waals surface area contributed by atoms with Crippen molar-refractivity contribution in [3.63, 3.8) is 0 Å². The molecule has 1 aliphatic rings. The van der Waals surface area contributed by atoms with Gasteiger partial charge in [-0.05, 0) is 37.8 Å². The van der Waals surface area contributed by atoms with Crippen molar-refractivity contribution >= 4 is 11.7 Å². The standard InChI is InChI=1S/C15H23N3O2/c1-11-7-13(8-14(16-2)17-11)15(19)18-6-4-5-12(9-18)10-20-3/h7-8,12H,4-6,9-10H2,1-3H3,(H,16,17). The molecule has 0 radical (unpaired) electrons. The maximum Gasteiger partial charge on any atom is 0.254 e. The normalized spacial score (nSPS) is 18.9. The lowest BCUT2D eigenvalue weighted by Gasteiger charge is -2.32. The monoisotopic (exact) mass is 277 g/mol.